The van der Waals surface area contributed by atoms with Crippen molar-refractivity contribution in [3.05, 3.63) is 102 Å². The number of carbonyl (C=O) groups excluding carboxylic acids is 1. The molecule has 4 rings (SSSR count). The smallest absolute Gasteiger partial charge is 0.251 e. The first-order chi connectivity index (χ1) is 14.5. The number of rotatable bonds is 7. The molecule has 0 atom stereocenters. The molecule has 0 unspecified atom stereocenters. The lowest BCUT2D eigenvalue weighted by molar-refractivity contribution is 0.0945. The lowest BCUT2D eigenvalue weighted by atomic mass is 9.84. The average molecular weight is 399 g/mol. The minimum Gasteiger partial charge on any atom is -0.487 e. The zero-order valence-electron chi connectivity index (χ0n) is 17.2. The maximum Gasteiger partial charge on any atom is 0.251 e. The highest BCUT2D eigenvalue weighted by atomic mass is 16.5. The fourth-order valence-corrected chi connectivity index (χ4v) is 3.34. The fourth-order valence-electron chi connectivity index (χ4n) is 3.34. The number of aromatic nitrogens is 2. The number of nitrogens with one attached hydrogen (secondary N) is 1. The van der Waals surface area contributed by atoms with Gasteiger partial charge in [-0.1, -0.05) is 56.3 Å². The molecule has 0 radical (unpaired) electrons. The van der Waals surface area contributed by atoms with Gasteiger partial charge in [-0.05, 0) is 35.9 Å². The van der Waals surface area contributed by atoms with Crippen LogP contribution in [0.25, 0.3) is 5.65 Å². The van der Waals surface area contributed by atoms with Gasteiger partial charge in [0.25, 0.3) is 5.91 Å². The van der Waals surface area contributed by atoms with Gasteiger partial charge < -0.3 is 14.5 Å². The van der Waals surface area contributed by atoms with Crippen molar-refractivity contribution in [3.63, 3.8) is 0 Å². The van der Waals surface area contributed by atoms with Crippen LogP contribution in [0.2, 0.25) is 0 Å². The number of benzene rings is 2. The van der Waals surface area contributed by atoms with E-state index in [2.05, 4.69) is 36.3 Å². The Morgan fingerprint density at radius 3 is 2.63 bits per heavy atom. The van der Waals surface area contributed by atoms with Crippen LogP contribution in [0.4, 0.5) is 0 Å². The van der Waals surface area contributed by atoms with Crippen molar-refractivity contribution in [2.24, 2.45) is 0 Å². The van der Waals surface area contributed by atoms with Crippen molar-refractivity contribution >= 4 is 11.6 Å². The summed E-state index contributed by atoms with van der Waals surface area (Å²) >= 11 is 0. The van der Waals surface area contributed by atoms with Crippen LogP contribution in [0.1, 0.15) is 35.5 Å². The number of imidazole rings is 1. The maximum atomic E-state index is 12.7. The van der Waals surface area contributed by atoms with E-state index in [1.165, 1.54) is 5.56 Å². The molecule has 0 bridgehead atoms. The molecule has 30 heavy (non-hydrogen) atoms. The summed E-state index contributed by atoms with van der Waals surface area (Å²) in [4.78, 5) is 17.2. The van der Waals surface area contributed by atoms with E-state index < -0.39 is 0 Å². The van der Waals surface area contributed by atoms with Crippen molar-refractivity contribution in [1.29, 1.82) is 0 Å². The van der Waals surface area contributed by atoms with Crippen molar-refractivity contribution in [1.82, 2.24) is 14.7 Å². The van der Waals surface area contributed by atoms with Gasteiger partial charge in [0, 0.05) is 29.9 Å². The second-order valence-corrected chi connectivity index (χ2v) is 7.95. The Labute approximate surface area is 176 Å². The Balaban J connectivity index is 1.38. The molecule has 4 aromatic rings. The molecule has 0 spiro atoms. The standard InChI is InChI=1S/C25H25N3O2/c1-25(2,20-10-4-3-5-11-20)18-26-24(29)19-9-8-12-22(15-19)30-17-21-16-28-14-7-6-13-23(28)27-21/h3-16H,17-18H2,1-2H3,(H,26,29). The van der Waals surface area contributed by atoms with Crippen molar-refractivity contribution < 1.29 is 9.53 Å². The van der Waals surface area contributed by atoms with Crippen LogP contribution in [0.15, 0.2) is 85.2 Å². The third-order valence-corrected chi connectivity index (χ3v) is 5.14. The van der Waals surface area contributed by atoms with Crippen LogP contribution in [-0.4, -0.2) is 21.8 Å². The number of fused-ring (bicyclic) bond motifs is 1. The second-order valence-electron chi connectivity index (χ2n) is 7.95. The third kappa shape index (κ3) is 4.51. The van der Waals surface area contributed by atoms with Gasteiger partial charge in [0.1, 0.15) is 18.0 Å². The van der Waals surface area contributed by atoms with Crippen molar-refractivity contribution in [2.75, 3.05) is 6.54 Å². The van der Waals surface area contributed by atoms with Crippen molar-refractivity contribution in [3.8, 4) is 5.75 Å². The molecule has 1 N–H and O–H groups in total. The topological polar surface area (TPSA) is 55.6 Å². The Bertz CT molecular complexity index is 1120. The molecular formula is C25H25N3O2. The van der Waals surface area contributed by atoms with Crippen LogP contribution in [0.3, 0.4) is 0 Å². The van der Waals surface area contributed by atoms with Gasteiger partial charge in [-0.25, -0.2) is 4.98 Å². The zero-order chi connectivity index (χ0) is 21.0. The monoisotopic (exact) mass is 399 g/mol. The number of amides is 1. The summed E-state index contributed by atoms with van der Waals surface area (Å²) in [5, 5.41) is 3.05. The summed E-state index contributed by atoms with van der Waals surface area (Å²) in [5.74, 6) is 0.527. The largest absolute Gasteiger partial charge is 0.487 e. The van der Waals surface area contributed by atoms with E-state index in [1.54, 1.807) is 12.1 Å². The van der Waals surface area contributed by atoms with E-state index in [1.807, 2.05) is 65.3 Å². The molecule has 1 amide bonds. The molecule has 0 aliphatic carbocycles. The molecule has 0 saturated heterocycles. The molecule has 0 aliphatic heterocycles. The van der Waals surface area contributed by atoms with Crippen LogP contribution < -0.4 is 10.1 Å². The lowest BCUT2D eigenvalue weighted by Crippen LogP contribution is -2.36. The average Bonchev–Trinajstić information content (AvgIpc) is 3.20. The van der Waals surface area contributed by atoms with Gasteiger partial charge in [0.05, 0.1) is 5.69 Å². The SMILES string of the molecule is CC(C)(CNC(=O)c1cccc(OCc2cn3ccccc3n2)c1)c1ccccc1. The molecule has 152 valence electrons. The van der Waals surface area contributed by atoms with Crippen LogP contribution >= 0.6 is 0 Å². The molecule has 0 aliphatic rings. The van der Waals surface area contributed by atoms with E-state index in [0.717, 1.165) is 11.3 Å². The van der Waals surface area contributed by atoms with Gasteiger partial charge >= 0.3 is 0 Å². The summed E-state index contributed by atoms with van der Waals surface area (Å²) in [7, 11) is 0. The summed E-state index contributed by atoms with van der Waals surface area (Å²) in [6, 6.07) is 23.3. The van der Waals surface area contributed by atoms with Crippen LogP contribution in [0, 0.1) is 0 Å². The van der Waals surface area contributed by atoms with E-state index in [-0.39, 0.29) is 11.3 Å². The summed E-state index contributed by atoms with van der Waals surface area (Å²) in [5.41, 5.74) is 3.32. The fraction of sp³-hybridized carbons (Fsp3) is 0.200. The highest BCUT2D eigenvalue weighted by molar-refractivity contribution is 5.94. The molecule has 5 nitrogen and oxygen atoms in total. The number of hydrogen-bond donors (Lipinski definition) is 1. The van der Waals surface area contributed by atoms with Crippen molar-refractivity contribution in [2.45, 2.75) is 25.9 Å². The number of ether oxygens (including phenoxy) is 1. The first kappa shape index (κ1) is 19.7. The highest BCUT2D eigenvalue weighted by Crippen LogP contribution is 2.22. The molecule has 2 aromatic carbocycles. The predicted molar refractivity (Wildman–Crippen MR) is 118 cm³/mol. The van der Waals surface area contributed by atoms with E-state index in [0.29, 0.717) is 24.5 Å². The van der Waals surface area contributed by atoms with Crippen LogP contribution in [-0.2, 0) is 12.0 Å². The summed E-state index contributed by atoms with van der Waals surface area (Å²) in [6.45, 7) is 5.13. The molecule has 0 saturated carbocycles. The molecule has 2 heterocycles. The van der Waals surface area contributed by atoms with E-state index >= 15 is 0 Å². The Hall–Kier alpha value is -3.60. The minimum absolute atomic E-state index is 0.114. The van der Waals surface area contributed by atoms with Gasteiger partial charge in [-0.15, -0.1) is 0 Å². The number of carbonyl (C=O) groups is 1. The Kier molecular flexibility index (Phi) is 5.53. The van der Waals surface area contributed by atoms with Gasteiger partial charge in [-0.3, -0.25) is 4.79 Å². The molecule has 2 aromatic heterocycles. The van der Waals surface area contributed by atoms with Gasteiger partial charge in [0.2, 0.25) is 0 Å². The van der Waals surface area contributed by atoms with E-state index in [9.17, 15) is 4.79 Å². The van der Waals surface area contributed by atoms with Gasteiger partial charge in [0.15, 0.2) is 0 Å². The van der Waals surface area contributed by atoms with Gasteiger partial charge in [-0.2, -0.15) is 0 Å². The number of pyridine rings is 1. The summed E-state index contributed by atoms with van der Waals surface area (Å²) in [6.07, 6.45) is 3.89. The molecular weight excluding hydrogens is 374 g/mol. The highest BCUT2D eigenvalue weighted by Gasteiger charge is 2.21. The normalized spacial score (nSPS) is 11.4. The summed E-state index contributed by atoms with van der Waals surface area (Å²) < 4.78 is 7.83. The second kappa shape index (κ2) is 8.41. The van der Waals surface area contributed by atoms with Crippen LogP contribution in [0.5, 0.6) is 5.75 Å². The molecule has 5 heteroatoms. The maximum absolute atomic E-state index is 12.7. The zero-order valence-corrected chi connectivity index (χ0v) is 17.2. The minimum atomic E-state index is -0.159. The first-order valence-corrected chi connectivity index (χ1v) is 10.0. The number of hydrogen-bond acceptors (Lipinski definition) is 3. The Morgan fingerprint density at radius 1 is 1.03 bits per heavy atom. The lowest BCUT2D eigenvalue weighted by Gasteiger charge is -2.25. The third-order valence-electron chi connectivity index (χ3n) is 5.14. The first-order valence-electron chi connectivity index (χ1n) is 10.0. The van der Waals surface area contributed by atoms with E-state index in [4.69, 9.17) is 4.74 Å². The predicted octanol–water partition coefficient (Wildman–Crippen LogP) is 4.62. The molecule has 0 fully saturated rings. The number of nitrogens with zero attached hydrogens (tertiary/aromatic N) is 2. The Morgan fingerprint density at radius 2 is 1.83 bits per heavy atom. The quantitative estimate of drug-likeness (QED) is 0.493.